The largest absolute Gasteiger partial charge is 0.375 e. The maximum Gasteiger partial charge on any atom is 0.129 e. The summed E-state index contributed by atoms with van der Waals surface area (Å²) in [5, 5.41) is 0. The lowest BCUT2D eigenvalue weighted by Crippen LogP contribution is -2.43. The van der Waals surface area contributed by atoms with Crippen molar-refractivity contribution in [3.8, 4) is 0 Å². The quantitative estimate of drug-likeness (QED) is 0.546. The van der Waals surface area contributed by atoms with Crippen molar-refractivity contribution >= 4 is 0 Å². The van der Waals surface area contributed by atoms with E-state index in [-0.39, 0.29) is 5.92 Å². The van der Waals surface area contributed by atoms with Gasteiger partial charge in [-0.25, -0.2) is 8.78 Å². The molecule has 0 aliphatic heterocycles. The number of halogens is 2. The predicted octanol–water partition coefficient (Wildman–Crippen LogP) is 6.50. The molecule has 3 saturated carbocycles. The van der Waals surface area contributed by atoms with Crippen molar-refractivity contribution in [1.29, 1.82) is 0 Å². The normalized spacial score (nSPS) is 46.1. The van der Waals surface area contributed by atoms with Crippen molar-refractivity contribution in [3.63, 3.8) is 0 Å². The Morgan fingerprint density at radius 1 is 0.720 bits per heavy atom. The molecule has 0 aromatic heterocycles. The summed E-state index contributed by atoms with van der Waals surface area (Å²) in [4.78, 5) is 0. The van der Waals surface area contributed by atoms with Gasteiger partial charge in [0.1, 0.15) is 18.4 Å². The van der Waals surface area contributed by atoms with Gasteiger partial charge in [0.05, 0.1) is 0 Å². The van der Waals surface area contributed by atoms with E-state index in [2.05, 4.69) is 6.92 Å². The SMILES string of the molecule is CCCC1CCC(C2CCC(C3CC(F)C(OC)C(F)C3)CC2)CC1. The van der Waals surface area contributed by atoms with Crippen LogP contribution in [0.2, 0.25) is 0 Å². The lowest BCUT2D eigenvalue weighted by Gasteiger charge is -2.42. The summed E-state index contributed by atoms with van der Waals surface area (Å²) in [5.74, 6) is 3.58. The number of ether oxygens (including phenoxy) is 1. The number of alkyl halides is 2. The van der Waals surface area contributed by atoms with Gasteiger partial charge in [-0.2, -0.15) is 0 Å². The smallest absolute Gasteiger partial charge is 0.129 e. The zero-order chi connectivity index (χ0) is 17.8. The predicted molar refractivity (Wildman–Crippen MR) is 99.1 cm³/mol. The molecule has 146 valence electrons. The molecule has 3 rings (SSSR count). The molecule has 0 radical (unpaired) electrons. The van der Waals surface area contributed by atoms with E-state index in [9.17, 15) is 8.78 Å². The molecule has 3 aliphatic carbocycles. The first-order chi connectivity index (χ1) is 12.1. The van der Waals surface area contributed by atoms with Gasteiger partial charge in [-0.05, 0) is 81.0 Å². The molecule has 0 spiro atoms. The van der Waals surface area contributed by atoms with Crippen LogP contribution in [0.1, 0.15) is 84.0 Å². The highest BCUT2D eigenvalue weighted by Gasteiger charge is 2.42. The Morgan fingerprint density at radius 2 is 1.16 bits per heavy atom. The van der Waals surface area contributed by atoms with Crippen molar-refractivity contribution in [2.75, 3.05) is 7.11 Å². The molecule has 0 N–H and O–H groups in total. The Bertz CT molecular complexity index is 373. The van der Waals surface area contributed by atoms with Crippen LogP contribution in [0, 0.1) is 29.6 Å². The van der Waals surface area contributed by atoms with E-state index in [1.165, 1.54) is 71.3 Å². The molecular weight excluding hydrogens is 318 g/mol. The van der Waals surface area contributed by atoms with E-state index in [0.29, 0.717) is 18.8 Å². The third-order valence-corrected chi connectivity index (χ3v) is 7.78. The zero-order valence-electron chi connectivity index (χ0n) is 16.3. The number of hydrogen-bond acceptors (Lipinski definition) is 1. The summed E-state index contributed by atoms with van der Waals surface area (Å²) in [6, 6.07) is 0. The number of rotatable bonds is 5. The van der Waals surface area contributed by atoms with Crippen LogP contribution in [0.4, 0.5) is 8.78 Å². The molecule has 25 heavy (non-hydrogen) atoms. The molecule has 3 fully saturated rings. The molecule has 0 bridgehead atoms. The van der Waals surface area contributed by atoms with E-state index in [1.807, 2.05) is 0 Å². The maximum atomic E-state index is 14.2. The molecule has 0 amide bonds. The molecule has 0 aromatic rings. The third-order valence-electron chi connectivity index (χ3n) is 7.78. The van der Waals surface area contributed by atoms with Crippen LogP contribution < -0.4 is 0 Å². The van der Waals surface area contributed by atoms with Crippen LogP contribution in [-0.2, 0) is 4.74 Å². The number of methoxy groups -OCH3 is 1. The lowest BCUT2D eigenvalue weighted by molar-refractivity contribution is -0.0722. The van der Waals surface area contributed by atoms with E-state index in [0.717, 1.165) is 17.8 Å². The molecule has 2 unspecified atom stereocenters. The fourth-order valence-corrected chi connectivity index (χ4v) is 6.29. The maximum absolute atomic E-state index is 14.2. The summed E-state index contributed by atoms with van der Waals surface area (Å²) in [7, 11) is 1.44. The van der Waals surface area contributed by atoms with Gasteiger partial charge < -0.3 is 4.74 Å². The Kier molecular flexibility index (Phi) is 7.17. The van der Waals surface area contributed by atoms with Gasteiger partial charge in [0.25, 0.3) is 0 Å². The molecule has 0 aromatic carbocycles. The van der Waals surface area contributed by atoms with Crippen molar-refractivity contribution in [1.82, 2.24) is 0 Å². The molecule has 3 aliphatic rings. The van der Waals surface area contributed by atoms with Crippen molar-refractivity contribution in [3.05, 3.63) is 0 Å². The highest BCUT2D eigenvalue weighted by molar-refractivity contribution is 4.92. The minimum absolute atomic E-state index is 0.234. The first-order valence-corrected chi connectivity index (χ1v) is 10.9. The van der Waals surface area contributed by atoms with Gasteiger partial charge in [0.15, 0.2) is 0 Å². The second-order valence-corrected chi connectivity index (χ2v) is 9.21. The Labute approximate surface area is 153 Å². The summed E-state index contributed by atoms with van der Waals surface area (Å²) >= 11 is 0. The lowest BCUT2D eigenvalue weighted by atomic mass is 9.65. The average molecular weight is 357 g/mol. The van der Waals surface area contributed by atoms with Crippen molar-refractivity contribution < 1.29 is 13.5 Å². The molecular formula is C22H38F2O. The third kappa shape index (κ3) is 4.76. The van der Waals surface area contributed by atoms with E-state index < -0.39 is 18.4 Å². The topological polar surface area (TPSA) is 9.23 Å². The van der Waals surface area contributed by atoms with Crippen LogP contribution in [0.3, 0.4) is 0 Å². The molecule has 2 atom stereocenters. The fourth-order valence-electron chi connectivity index (χ4n) is 6.29. The monoisotopic (exact) mass is 356 g/mol. The van der Waals surface area contributed by atoms with Crippen LogP contribution in [0.25, 0.3) is 0 Å². The van der Waals surface area contributed by atoms with Crippen LogP contribution >= 0.6 is 0 Å². The van der Waals surface area contributed by atoms with Gasteiger partial charge in [-0.15, -0.1) is 0 Å². The van der Waals surface area contributed by atoms with E-state index >= 15 is 0 Å². The fraction of sp³-hybridized carbons (Fsp3) is 1.00. The second kappa shape index (κ2) is 9.15. The van der Waals surface area contributed by atoms with Crippen LogP contribution in [0.5, 0.6) is 0 Å². The Balaban J connectivity index is 1.43. The summed E-state index contributed by atoms with van der Waals surface area (Å²) in [6.07, 6.45) is 11.4. The highest BCUT2D eigenvalue weighted by Crippen LogP contribution is 2.46. The highest BCUT2D eigenvalue weighted by atomic mass is 19.1. The summed E-state index contributed by atoms with van der Waals surface area (Å²) in [6.45, 7) is 2.30. The first-order valence-electron chi connectivity index (χ1n) is 10.9. The van der Waals surface area contributed by atoms with Gasteiger partial charge in [-0.1, -0.05) is 32.6 Å². The first kappa shape index (κ1) is 19.6. The van der Waals surface area contributed by atoms with E-state index in [1.54, 1.807) is 0 Å². The van der Waals surface area contributed by atoms with E-state index in [4.69, 9.17) is 4.74 Å². The Morgan fingerprint density at radius 3 is 1.60 bits per heavy atom. The van der Waals surface area contributed by atoms with Crippen molar-refractivity contribution in [2.45, 2.75) is 102 Å². The van der Waals surface area contributed by atoms with Crippen molar-refractivity contribution in [2.24, 2.45) is 29.6 Å². The minimum atomic E-state index is -1.12. The van der Waals surface area contributed by atoms with Gasteiger partial charge in [-0.3, -0.25) is 0 Å². The van der Waals surface area contributed by atoms with Gasteiger partial charge in [0, 0.05) is 7.11 Å². The summed E-state index contributed by atoms with van der Waals surface area (Å²) < 4.78 is 33.4. The van der Waals surface area contributed by atoms with Crippen LogP contribution in [-0.4, -0.2) is 25.6 Å². The number of hydrogen-bond donors (Lipinski definition) is 0. The average Bonchev–Trinajstić information content (AvgIpc) is 2.62. The van der Waals surface area contributed by atoms with Gasteiger partial charge in [0.2, 0.25) is 0 Å². The molecule has 1 nitrogen and oxygen atoms in total. The molecule has 0 saturated heterocycles. The van der Waals surface area contributed by atoms with Gasteiger partial charge >= 0.3 is 0 Å². The zero-order valence-corrected chi connectivity index (χ0v) is 16.3. The second-order valence-electron chi connectivity index (χ2n) is 9.21. The van der Waals surface area contributed by atoms with Crippen LogP contribution in [0.15, 0.2) is 0 Å². The molecule has 3 heteroatoms. The minimum Gasteiger partial charge on any atom is -0.375 e. The summed E-state index contributed by atoms with van der Waals surface area (Å²) in [5.41, 5.74) is 0. The standard InChI is InChI=1S/C22H38F2O/c1-3-4-15-5-7-16(8-6-15)17-9-11-18(12-10-17)19-13-20(23)22(25-2)21(24)14-19/h15-22H,3-14H2,1-2H3. The molecule has 0 heterocycles. The Hall–Kier alpha value is -0.180.